The van der Waals surface area contributed by atoms with Gasteiger partial charge in [-0.15, -0.1) is 11.3 Å². The second-order valence-corrected chi connectivity index (χ2v) is 9.27. The Bertz CT molecular complexity index is 1100. The predicted molar refractivity (Wildman–Crippen MR) is 133 cm³/mol. The van der Waals surface area contributed by atoms with Crippen LogP contribution in [0.5, 0.6) is 0 Å². The molecule has 7 heteroatoms. The van der Waals surface area contributed by atoms with Crippen LogP contribution in [0.1, 0.15) is 41.0 Å². The van der Waals surface area contributed by atoms with Crippen molar-refractivity contribution in [1.82, 2.24) is 14.8 Å². The van der Waals surface area contributed by atoms with Gasteiger partial charge in [-0.25, -0.2) is 4.98 Å². The summed E-state index contributed by atoms with van der Waals surface area (Å²) in [6.07, 6.45) is 0.973. The van der Waals surface area contributed by atoms with Crippen LogP contribution in [0.3, 0.4) is 0 Å². The molecule has 1 saturated heterocycles. The molecule has 0 atom stereocenters. The molecule has 4 rings (SSSR count). The Balaban J connectivity index is 1.35. The lowest BCUT2D eigenvalue weighted by molar-refractivity contribution is -0.115. The van der Waals surface area contributed by atoms with Crippen LogP contribution in [0.2, 0.25) is 0 Å². The van der Waals surface area contributed by atoms with Gasteiger partial charge < -0.3 is 4.90 Å². The van der Waals surface area contributed by atoms with Gasteiger partial charge in [-0.05, 0) is 43.2 Å². The first-order chi connectivity index (χ1) is 15.9. The molecule has 2 heterocycles. The van der Waals surface area contributed by atoms with Crippen LogP contribution in [0.15, 0.2) is 53.9 Å². The van der Waals surface area contributed by atoms with Gasteiger partial charge in [0.05, 0.1) is 11.4 Å². The topological polar surface area (TPSA) is 56.8 Å². The standard InChI is InChI=1S/C26H30N4O2S/c1-4-21-7-9-22(10-8-21)25(32)29-15-13-28(14-16-29)17-23-18-33-26(27-23)30(20(3)31)24-11-5-19(2)6-12-24/h5-12,18H,4,13-17H2,1-3H3. The van der Waals surface area contributed by atoms with E-state index >= 15 is 0 Å². The first kappa shape index (κ1) is 23.1. The molecule has 1 aliphatic rings. The minimum atomic E-state index is -0.0566. The first-order valence-corrected chi connectivity index (χ1v) is 12.2. The maximum absolute atomic E-state index is 12.8. The summed E-state index contributed by atoms with van der Waals surface area (Å²) < 4.78 is 0. The molecule has 6 nitrogen and oxygen atoms in total. The fraction of sp³-hybridized carbons (Fsp3) is 0.346. The summed E-state index contributed by atoms with van der Waals surface area (Å²) in [5.41, 5.74) is 4.92. The molecule has 0 spiro atoms. The highest BCUT2D eigenvalue weighted by molar-refractivity contribution is 7.14. The average Bonchev–Trinajstić information content (AvgIpc) is 3.28. The van der Waals surface area contributed by atoms with Gasteiger partial charge in [0.15, 0.2) is 5.13 Å². The largest absolute Gasteiger partial charge is 0.336 e. The van der Waals surface area contributed by atoms with Crippen LogP contribution in [-0.2, 0) is 17.8 Å². The fourth-order valence-corrected chi connectivity index (χ4v) is 4.87. The lowest BCUT2D eigenvalue weighted by atomic mass is 10.1. The van der Waals surface area contributed by atoms with Gasteiger partial charge >= 0.3 is 0 Å². The highest BCUT2D eigenvalue weighted by Gasteiger charge is 2.23. The van der Waals surface area contributed by atoms with Crippen molar-refractivity contribution in [3.8, 4) is 0 Å². The van der Waals surface area contributed by atoms with Crippen LogP contribution >= 0.6 is 11.3 Å². The summed E-state index contributed by atoms with van der Waals surface area (Å²) in [6.45, 7) is 9.43. The van der Waals surface area contributed by atoms with E-state index < -0.39 is 0 Å². The number of amides is 2. The Hall–Kier alpha value is -3.03. The van der Waals surface area contributed by atoms with Crippen molar-refractivity contribution in [2.45, 2.75) is 33.7 Å². The molecule has 33 heavy (non-hydrogen) atoms. The second kappa shape index (κ2) is 10.3. The van der Waals surface area contributed by atoms with Crippen LogP contribution in [-0.4, -0.2) is 52.8 Å². The molecule has 0 bridgehead atoms. The van der Waals surface area contributed by atoms with Gasteiger partial charge in [-0.2, -0.15) is 0 Å². The van der Waals surface area contributed by atoms with Crippen LogP contribution in [0.25, 0.3) is 0 Å². The van der Waals surface area contributed by atoms with Crippen molar-refractivity contribution >= 4 is 34.0 Å². The molecule has 172 valence electrons. The number of aromatic nitrogens is 1. The maximum Gasteiger partial charge on any atom is 0.253 e. The molecule has 0 aliphatic carbocycles. The Morgan fingerprint density at radius 1 is 1.00 bits per heavy atom. The molecular weight excluding hydrogens is 432 g/mol. The van der Waals surface area contributed by atoms with E-state index in [1.54, 1.807) is 11.8 Å². The maximum atomic E-state index is 12.8. The molecule has 0 unspecified atom stereocenters. The first-order valence-electron chi connectivity index (χ1n) is 11.4. The van der Waals surface area contributed by atoms with E-state index in [4.69, 9.17) is 4.98 Å². The van der Waals surface area contributed by atoms with Crippen LogP contribution in [0.4, 0.5) is 10.8 Å². The van der Waals surface area contributed by atoms with Crippen molar-refractivity contribution in [3.05, 3.63) is 76.3 Å². The van der Waals surface area contributed by atoms with Crippen LogP contribution in [0, 0.1) is 6.92 Å². The number of benzene rings is 2. The number of carbonyl (C=O) groups is 2. The lowest BCUT2D eigenvalue weighted by Gasteiger charge is -2.34. The van der Waals surface area contributed by atoms with Gasteiger partial charge in [0.25, 0.3) is 5.91 Å². The number of nitrogens with zero attached hydrogens (tertiary/aromatic N) is 4. The molecular formula is C26H30N4O2S. The predicted octanol–water partition coefficient (Wildman–Crippen LogP) is 4.66. The normalized spacial score (nSPS) is 14.3. The zero-order valence-electron chi connectivity index (χ0n) is 19.5. The molecule has 2 aromatic carbocycles. The van der Waals surface area contributed by atoms with Gasteiger partial charge in [0, 0.05) is 50.6 Å². The van der Waals surface area contributed by atoms with Crippen molar-refractivity contribution in [2.24, 2.45) is 0 Å². The zero-order chi connectivity index (χ0) is 23.4. The van der Waals surface area contributed by atoms with Gasteiger partial charge in [-0.3, -0.25) is 19.4 Å². The van der Waals surface area contributed by atoms with Crippen molar-refractivity contribution in [2.75, 3.05) is 31.1 Å². The van der Waals surface area contributed by atoms with E-state index in [1.807, 2.05) is 65.7 Å². The Morgan fingerprint density at radius 3 is 2.27 bits per heavy atom. The number of thiazole rings is 1. The Labute approximate surface area is 199 Å². The summed E-state index contributed by atoms with van der Waals surface area (Å²) >= 11 is 1.48. The Kier molecular flexibility index (Phi) is 7.20. The number of hydrogen-bond donors (Lipinski definition) is 0. The van der Waals surface area contributed by atoms with Crippen molar-refractivity contribution < 1.29 is 9.59 Å². The molecule has 1 aliphatic heterocycles. The van der Waals surface area contributed by atoms with E-state index in [9.17, 15) is 9.59 Å². The summed E-state index contributed by atoms with van der Waals surface area (Å²) in [7, 11) is 0. The number of aryl methyl sites for hydroxylation is 2. The molecule has 0 saturated carbocycles. The zero-order valence-corrected chi connectivity index (χ0v) is 20.3. The molecule has 0 radical (unpaired) electrons. The lowest BCUT2D eigenvalue weighted by Crippen LogP contribution is -2.48. The second-order valence-electron chi connectivity index (χ2n) is 8.43. The van der Waals surface area contributed by atoms with Gasteiger partial charge in [-0.1, -0.05) is 36.8 Å². The van der Waals surface area contributed by atoms with Crippen LogP contribution < -0.4 is 4.90 Å². The molecule has 1 aromatic heterocycles. The van der Waals surface area contributed by atoms with E-state index in [0.29, 0.717) is 24.8 Å². The smallest absolute Gasteiger partial charge is 0.253 e. The number of anilines is 2. The SMILES string of the molecule is CCc1ccc(C(=O)N2CCN(Cc3csc(N(C(C)=O)c4ccc(C)cc4)n3)CC2)cc1. The van der Waals surface area contributed by atoms with Gasteiger partial charge in [0.1, 0.15) is 0 Å². The summed E-state index contributed by atoms with van der Waals surface area (Å²) in [5.74, 6) is 0.0438. The summed E-state index contributed by atoms with van der Waals surface area (Å²) in [5, 5.41) is 2.71. The fourth-order valence-electron chi connectivity index (χ4n) is 4.00. The van der Waals surface area contributed by atoms with Crippen molar-refractivity contribution in [3.63, 3.8) is 0 Å². The average molecular weight is 463 g/mol. The highest BCUT2D eigenvalue weighted by atomic mass is 32.1. The third-order valence-electron chi connectivity index (χ3n) is 5.99. The molecule has 3 aromatic rings. The number of hydrogen-bond acceptors (Lipinski definition) is 5. The van der Waals surface area contributed by atoms with Gasteiger partial charge in [0.2, 0.25) is 5.91 Å². The monoisotopic (exact) mass is 462 g/mol. The molecule has 1 fully saturated rings. The number of carbonyl (C=O) groups excluding carboxylic acids is 2. The minimum absolute atomic E-state index is 0.0566. The van der Waals surface area contributed by atoms with E-state index in [1.165, 1.54) is 16.9 Å². The third kappa shape index (κ3) is 5.49. The molecule has 2 amide bonds. The Morgan fingerprint density at radius 2 is 1.67 bits per heavy atom. The van der Waals surface area contributed by atoms with E-state index in [0.717, 1.165) is 42.0 Å². The van der Waals surface area contributed by atoms with E-state index in [-0.39, 0.29) is 11.8 Å². The number of piperazine rings is 1. The summed E-state index contributed by atoms with van der Waals surface area (Å²) in [6, 6.07) is 15.8. The highest BCUT2D eigenvalue weighted by Crippen LogP contribution is 2.29. The quantitative estimate of drug-likeness (QED) is 0.535. The minimum Gasteiger partial charge on any atom is -0.336 e. The summed E-state index contributed by atoms with van der Waals surface area (Å²) in [4.78, 5) is 35.8. The third-order valence-corrected chi connectivity index (χ3v) is 6.87. The molecule has 0 N–H and O–H groups in total. The number of rotatable bonds is 6. The van der Waals surface area contributed by atoms with Crippen molar-refractivity contribution in [1.29, 1.82) is 0 Å². The van der Waals surface area contributed by atoms with E-state index in [2.05, 4.69) is 11.8 Å².